The number of ether oxygens (including phenoxy) is 1. The van der Waals surface area contributed by atoms with Crippen LogP contribution in [0.1, 0.15) is 31.7 Å². The van der Waals surface area contributed by atoms with Gasteiger partial charge in [-0.2, -0.15) is 0 Å². The van der Waals surface area contributed by atoms with E-state index < -0.39 is 17.6 Å². The van der Waals surface area contributed by atoms with Crippen LogP contribution < -0.4 is 5.32 Å². The van der Waals surface area contributed by atoms with E-state index in [1.54, 1.807) is 23.5 Å². The third kappa shape index (κ3) is 4.28. The number of carbonyl (C=O) groups is 2. The highest BCUT2D eigenvalue weighted by Crippen LogP contribution is 2.36. The second-order valence-electron chi connectivity index (χ2n) is 8.36. The van der Waals surface area contributed by atoms with Gasteiger partial charge in [0.25, 0.3) is 0 Å². The number of carbonyl (C=O) groups excluding carboxylic acids is 2. The molecule has 2 amide bonds. The number of benzene rings is 1. The summed E-state index contributed by atoms with van der Waals surface area (Å²) in [5, 5.41) is 7.67. The summed E-state index contributed by atoms with van der Waals surface area (Å²) < 4.78 is 5.52. The van der Waals surface area contributed by atoms with E-state index in [4.69, 9.17) is 4.74 Å². The fraction of sp³-hybridized carbons (Fsp3) is 0.364. The van der Waals surface area contributed by atoms with E-state index in [1.165, 1.54) is 11.3 Å². The van der Waals surface area contributed by atoms with Gasteiger partial charge >= 0.3 is 6.09 Å². The van der Waals surface area contributed by atoms with E-state index in [-0.39, 0.29) is 18.4 Å². The van der Waals surface area contributed by atoms with E-state index in [0.29, 0.717) is 6.54 Å². The Kier molecular flexibility index (Phi) is 5.42. The maximum Gasteiger partial charge on any atom is 0.410 e. The highest BCUT2D eigenvalue weighted by Gasteiger charge is 2.43. The van der Waals surface area contributed by atoms with Crippen LogP contribution in [0.3, 0.4) is 0 Å². The maximum absolute atomic E-state index is 13.3. The number of pyridine rings is 1. The molecule has 3 heterocycles. The Morgan fingerprint density at radius 3 is 2.77 bits per heavy atom. The molecule has 1 N–H and O–H groups in total. The molecule has 0 spiro atoms. The Morgan fingerprint density at radius 2 is 2.03 bits per heavy atom. The van der Waals surface area contributed by atoms with E-state index in [0.717, 1.165) is 21.5 Å². The number of hydrogen-bond donors (Lipinski definition) is 1. The molecule has 8 heteroatoms. The number of anilines is 1. The lowest BCUT2D eigenvalue weighted by molar-refractivity contribution is -0.119. The molecule has 30 heavy (non-hydrogen) atoms. The summed E-state index contributed by atoms with van der Waals surface area (Å²) in [6.07, 6.45) is 4.79. The van der Waals surface area contributed by atoms with Crippen molar-refractivity contribution >= 4 is 39.8 Å². The normalized spacial score (nSPS) is 19.1. The fourth-order valence-corrected chi connectivity index (χ4v) is 4.47. The smallest absolute Gasteiger partial charge is 0.410 e. The van der Waals surface area contributed by atoms with Gasteiger partial charge in [0.05, 0.1) is 10.9 Å². The van der Waals surface area contributed by atoms with Gasteiger partial charge in [0.15, 0.2) is 0 Å². The first-order chi connectivity index (χ1) is 14.3. The van der Waals surface area contributed by atoms with Crippen molar-refractivity contribution in [3.63, 3.8) is 0 Å². The Hall–Kier alpha value is -3.00. The van der Waals surface area contributed by atoms with Crippen LogP contribution in [-0.2, 0) is 9.53 Å². The van der Waals surface area contributed by atoms with Crippen LogP contribution in [-0.4, -0.2) is 45.6 Å². The Balaban J connectivity index is 1.58. The van der Waals surface area contributed by atoms with Gasteiger partial charge in [-0.25, -0.2) is 9.78 Å². The van der Waals surface area contributed by atoms with Crippen molar-refractivity contribution in [3.05, 3.63) is 53.2 Å². The van der Waals surface area contributed by atoms with Crippen LogP contribution in [0.15, 0.2) is 48.2 Å². The number of nitrogens with one attached hydrogen (secondary N) is 1. The van der Waals surface area contributed by atoms with Crippen LogP contribution in [0, 0.1) is 5.92 Å². The minimum atomic E-state index is -0.592. The number of fused-ring (bicyclic) bond motifs is 1. The van der Waals surface area contributed by atoms with E-state index in [2.05, 4.69) is 15.3 Å². The van der Waals surface area contributed by atoms with Gasteiger partial charge in [0, 0.05) is 59.4 Å². The monoisotopic (exact) mass is 424 g/mol. The van der Waals surface area contributed by atoms with Gasteiger partial charge in [0.2, 0.25) is 5.91 Å². The number of likely N-dealkylation sites (tertiary alicyclic amines) is 1. The molecule has 1 aliphatic heterocycles. The van der Waals surface area contributed by atoms with Gasteiger partial charge in [-0.05, 0) is 32.9 Å². The summed E-state index contributed by atoms with van der Waals surface area (Å²) in [6, 6.07) is 7.60. The molecule has 0 unspecified atom stereocenters. The topological polar surface area (TPSA) is 84.4 Å². The largest absolute Gasteiger partial charge is 0.444 e. The summed E-state index contributed by atoms with van der Waals surface area (Å²) in [5.74, 6) is -0.722. The summed E-state index contributed by atoms with van der Waals surface area (Å²) >= 11 is 1.50. The number of aromatic nitrogens is 2. The predicted molar refractivity (Wildman–Crippen MR) is 117 cm³/mol. The number of nitrogens with zero attached hydrogens (tertiary/aromatic N) is 3. The first-order valence-corrected chi connectivity index (χ1v) is 10.7. The first kappa shape index (κ1) is 20.3. The zero-order valence-corrected chi connectivity index (χ0v) is 18.0. The summed E-state index contributed by atoms with van der Waals surface area (Å²) in [5.41, 5.74) is 0.138. The standard InChI is InChI=1S/C22H24N4O3S/c1-22(2,3)29-21(28)26-12-16(17(13-26)20-24-9-10-30-20)19(27)25-18-6-4-5-14-11-23-8-7-15(14)18/h4-11,16-17H,12-13H2,1-3H3,(H,25,27)/t16-,17-/m1/s1. The van der Waals surface area contributed by atoms with Crippen molar-refractivity contribution in [1.82, 2.24) is 14.9 Å². The van der Waals surface area contributed by atoms with Gasteiger partial charge < -0.3 is 15.0 Å². The summed E-state index contributed by atoms with van der Waals surface area (Å²) in [6.45, 7) is 6.19. The first-order valence-electron chi connectivity index (χ1n) is 9.83. The second kappa shape index (κ2) is 8.02. The van der Waals surface area contributed by atoms with Gasteiger partial charge in [0.1, 0.15) is 5.60 Å². The predicted octanol–water partition coefficient (Wildman–Crippen LogP) is 4.28. The number of rotatable bonds is 3. The zero-order valence-electron chi connectivity index (χ0n) is 17.2. The molecule has 0 bridgehead atoms. The quantitative estimate of drug-likeness (QED) is 0.678. The molecule has 1 saturated heterocycles. The third-order valence-electron chi connectivity index (χ3n) is 5.02. The van der Waals surface area contributed by atoms with Crippen LogP contribution in [0.2, 0.25) is 0 Å². The molecular weight excluding hydrogens is 400 g/mol. The molecule has 1 aliphatic rings. The van der Waals surface area contributed by atoms with Gasteiger partial charge in [-0.15, -0.1) is 11.3 Å². The lowest BCUT2D eigenvalue weighted by Gasteiger charge is -2.24. The van der Waals surface area contributed by atoms with E-state index in [9.17, 15) is 9.59 Å². The molecule has 2 atom stereocenters. The lowest BCUT2D eigenvalue weighted by Crippen LogP contribution is -2.36. The van der Waals surface area contributed by atoms with Crippen LogP contribution >= 0.6 is 11.3 Å². The Labute approximate surface area is 179 Å². The Morgan fingerprint density at radius 1 is 1.20 bits per heavy atom. The average molecular weight is 425 g/mol. The number of amides is 2. The summed E-state index contributed by atoms with van der Waals surface area (Å²) in [4.78, 5) is 36.1. The highest BCUT2D eigenvalue weighted by atomic mass is 32.1. The molecule has 156 valence electrons. The zero-order chi connectivity index (χ0) is 21.3. The maximum atomic E-state index is 13.3. The van der Waals surface area contributed by atoms with Crippen molar-refractivity contribution in [3.8, 4) is 0 Å². The van der Waals surface area contributed by atoms with Crippen LogP contribution in [0.5, 0.6) is 0 Å². The lowest BCUT2D eigenvalue weighted by atomic mass is 9.95. The van der Waals surface area contributed by atoms with Crippen molar-refractivity contribution < 1.29 is 14.3 Å². The molecule has 2 aromatic heterocycles. The molecule has 1 fully saturated rings. The van der Waals surface area contributed by atoms with Crippen LogP contribution in [0.25, 0.3) is 10.8 Å². The molecule has 1 aromatic carbocycles. The number of hydrogen-bond acceptors (Lipinski definition) is 6. The van der Waals surface area contributed by atoms with Crippen molar-refractivity contribution in [2.24, 2.45) is 5.92 Å². The van der Waals surface area contributed by atoms with Crippen molar-refractivity contribution in [1.29, 1.82) is 0 Å². The van der Waals surface area contributed by atoms with Crippen molar-refractivity contribution in [2.45, 2.75) is 32.3 Å². The highest BCUT2D eigenvalue weighted by molar-refractivity contribution is 7.09. The second-order valence-corrected chi connectivity index (χ2v) is 9.29. The third-order valence-corrected chi connectivity index (χ3v) is 5.92. The molecule has 4 rings (SSSR count). The van der Waals surface area contributed by atoms with Crippen molar-refractivity contribution in [2.75, 3.05) is 18.4 Å². The van der Waals surface area contributed by atoms with Gasteiger partial charge in [-0.1, -0.05) is 12.1 Å². The molecule has 0 saturated carbocycles. The number of thiazole rings is 1. The average Bonchev–Trinajstić information content (AvgIpc) is 3.36. The van der Waals surface area contributed by atoms with E-state index in [1.807, 2.05) is 50.4 Å². The molecule has 0 aliphatic carbocycles. The molecule has 3 aromatic rings. The molecular formula is C22H24N4O3S. The molecule has 0 radical (unpaired) electrons. The minimum Gasteiger partial charge on any atom is -0.444 e. The summed E-state index contributed by atoms with van der Waals surface area (Å²) in [7, 11) is 0. The van der Waals surface area contributed by atoms with Crippen LogP contribution in [0.4, 0.5) is 10.5 Å². The SMILES string of the molecule is CC(C)(C)OC(=O)N1C[C@@H](C(=O)Nc2cccc3cnccc23)[C@H](c2nccs2)C1. The van der Waals surface area contributed by atoms with E-state index >= 15 is 0 Å². The molecule has 7 nitrogen and oxygen atoms in total. The minimum absolute atomic E-state index is 0.134. The fourth-order valence-electron chi connectivity index (χ4n) is 3.67. The Bertz CT molecular complexity index is 1060. The van der Waals surface area contributed by atoms with Gasteiger partial charge in [-0.3, -0.25) is 9.78 Å².